The maximum atomic E-state index is 2.23. The normalized spacial score (nSPS) is 9.17. The van der Waals surface area contributed by atoms with E-state index in [1.807, 2.05) is 11.8 Å². The standard InChI is InChI=1S/C15H16S.2H2O/c1-2-13-8-10-14(11-9-13)12-16-15-6-4-3-5-7-15;;/h3-11H,2,12H2,1H3;2*1H2. The van der Waals surface area contributed by atoms with E-state index in [9.17, 15) is 0 Å². The minimum absolute atomic E-state index is 0. The molecule has 0 saturated heterocycles. The van der Waals surface area contributed by atoms with E-state index < -0.39 is 0 Å². The van der Waals surface area contributed by atoms with Gasteiger partial charge in [-0.3, -0.25) is 0 Å². The van der Waals surface area contributed by atoms with Gasteiger partial charge in [-0.1, -0.05) is 49.4 Å². The van der Waals surface area contributed by atoms with Crippen molar-refractivity contribution in [2.24, 2.45) is 0 Å². The van der Waals surface area contributed by atoms with Crippen LogP contribution in [0.15, 0.2) is 59.5 Å². The van der Waals surface area contributed by atoms with E-state index in [4.69, 9.17) is 0 Å². The first-order valence-corrected chi connectivity index (χ1v) is 6.62. The van der Waals surface area contributed by atoms with Gasteiger partial charge in [0.2, 0.25) is 0 Å². The number of benzene rings is 2. The molecule has 4 N–H and O–H groups in total. The molecule has 0 atom stereocenters. The highest BCUT2D eigenvalue weighted by atomic mass is 32.2. The van der Waals surface area contributed by atoms with Gasteiger partial charge in [-0.05, 0) is 29.7 Å². The second-order valence-electron chi connectivity index (χ2n) is 3.77. The van der Waals surface area contributed by atoms with E-state index in [1.165, 1.54) is 16.0 Å². The zero-order valence-electron chi connectivity index (χ0n) is 10.5. The first-order chi connectivity index (χ1) is 7.88. The number of rotatable bonds is 4. The molecule has 0 aliphatic heterocycles. The maximum Gasteiger partial charge on any atom is 0.0231 e. The highest BCUT2D eigenvalue weighted by Gasteiger charge is 1.95. The van der Waals surface area contributed by atoms with Crippen LogP contribution in [0.1, 0.15) is 18.1 Å². The van der Waals surface area contributed by atoms with Crippen LogP contribution in [0.25, 0.3) is 0 Å². The Hall–Kier alpha value is -1.29. The van der Waals surface area contributed by atoms with Gasteiger partial charge < -0.3 is 11.0 Å². The number of thioether (sulfide) groups is 1. The van der Waals surface area contributed by atoms with E-state index in [2.05, 4.69) is 61.5 Å². The topological polar surface area (TPSA) is 63.0 Å². The number of hydrogen-bond acceptors (Lipinski definition) is 1. The maximum absolute atomic E-state index is 2.23. The molecule has 0 aliphatic carbocycles. The molecule has 2 aromatic carbocycles. The Morgan fingerprint density at radius 3 is 1.89 bits per heavy atom. The fraction of sp³-hybridized carbons (Fsp3) is 0.200. The molecule has 0 spiro atoms. The molecule has 0 aromatic heterocycles. The quantitative estimate of drug-likeness (QED) is 0.783. The van der Waals surface area contributed by atoms with Gasteiger partial charge in [-0.25, -0.2) is 0 Å². The average molecular weight is 264 g/mol. The fourth-order valence-corrected chi connectivity index (χ4v) is 2.43. The summed E-state index contributed by atoms with van der Waals surface area (Å²) in [7, 11) is 0. The fourth-order valence-electron chi connectivity index (χ4n) is 1.55. The van der Waals surface area contributed by atoms with Gasteiger partial charge >= 0.3 is 0 Å². The molecule has 0 saturated carbocycles. The zero-order chi connectivity index (χ0) is 11.2. The van der Waals surface area contributed by atoms with Crippen LogP contribution < -0.4 is 0 Å². The Morgan fingerprint density at radius 1 is 0.778 bits per heavy atom. The second kappa shape index (κ2) is 8.75. The summed E-state index contributed by atoms with van der Waals surface area (Å²) in [6.45, 7) is 2.19. The third kappa shape index (κ3) is 4.92. The Balaban J connectivity index is 0.00000144. The lowest BCUT2D eigenvalue weighted by Crippen LogP contribution is -1.83. The Morgan fingerprint density at radius 2 is 1.33 bits per heavy atom. The van der Waals surface area contributed by atoms with Crippen molar-refractivity contribution in [2.45, 2.75) is 24.0 Å². The predicted octanol–water partition coefficient (Wildman–Crippen LogP) is 2.89. The largest absolute Gasteiger partial charge is 0.412 e. The molecule has 18 heavy (non-hydrogen) atoms. The molecule has 98 valence electrons. The molecule has 2 aromatic rings. The first kappa shape index (κ1) is 16.7. The summed E-state index contributed by atoms with van der Waals surface area (Å²) in [4.78, 5) is 1.34. The van der Waals surface area contributed by atoms with Crippen molar-refractivity contribution < 1.29 is 11.0 Å². The van der Waals surface area contributed by atoms with Crippen LogP contribution >= 0.6 is 11.8 Å². The van der Waals surface area contributed by atoms with Gasteiger partial charge in [0.15, 0.2) is 0 Å². The minimum Gasteiger partial charge on any atom is -0.412 e. The molecule has 2 nitrogen and oxygen atoms in total. The van der Waals surface area contributed by atoms with Crippen molar-refractivity contribution in [1.82, 2.24) is 0 Å². The molecule has 0 fully saturated rings. The Bertz CT molecular complexity index is 426. The average Bonchev–Trinajstić information content (AvgIpc) is 2.38. The molecule has 0 amide bonds. The third-order valence-corrected chi connectivity index (χ3v) is 3.66. The molecular weight excluding hydrogens is 244 g/mol. The van der Waals surface area contributed by atoms with Crippen LogP contribution in [0.4, 0.5) is 0 Å². The molecule has 0 radical (unpaired) electrons. The molecule has 0 bridgehead atoms. The lowest BCUT2D eigenvalue weighted by atomic mass is 10.1. The minimum atomic E-state index is 0. The van der Waals surface area contributed by atoms with Crippen molar-refractivity contribution in [3.63, 3.8) is 0 Å². The molecule has 0 aliphatic rings. The van der Waals surface area contributed by atoms with Gasteiger partial charge in [0.1, 0.15) is 0 Å². The second-order valence-corrected chi connectivity index (χ2v) is 4.82. The Kier molecular flexibility index (Phi) is 8.12. The van der Waals surface area contributed by atoms with Crippen molar-refractivity contribution in [3.8, 4) is 0 Å². The van der Waals surface area contributed by atoms with E-state index in [1.54, 1.807) is 0 Å². The van der Waals surface area contributed by atoms with Crippen molar-refractivity contribution >= 4 is 11.8 Å². The van der Waals surface area contributed by atoms with Crippen molar-refractivity contribution in [1.29, 1.82) is 0 Å². The van der Waals surface area contributed by atoms with Gasteiger partial charge in [-0.2, -0.15) is 0 Å². The summed E-state index contributed by atoms with van der Waals surface area (Å²) in [5, 5.41) is 0. The molecule has 0 heterocycles. The van der Waals surface area contributed by atoms with E-state index in [0.29, 0.717) is 0 Å². The smallest absolute Gasteiger partial charge is 0.0231 e. The van der Waals surface area contributed by atoms with E-state index >= 15 is 0 Å². The van der Waals surface area contributed by atoms with Crippen LogP contribution in [0.3, 0.4) is 0 Å². The third-order valence-electron chi connectivity index (χ3n) is 2.58. The van der Waals surface area contributed by atoms with Crippen LogP contribution in [-0.2, 0) is 12.2 Å². The van der Waals surface area contributed by atoms with Crippen molar-refractivity contribution in [3.05, 3.63) is 65.7 Å². The van der Waals surface area contributed by atoms with Gasteiger partial charge in [0.25, 0.3) is 0 Å². The van der Waals surface area contributed by atoms with Gasteiger partial charge in [0, 0.05) is 10.6 Å². The van der Waals surface area contributed by atoms with Crippen LogP contribution in [0.2, 0.25) is 0 Å². The van der Waals surface area contributed by atoms with E-state index in [0.717, 1.165) is 12.2 Å². The van der Waals surface area contributed by atoms with Crippen molar-refractivity contribution in [2.75, 3.05) is 0 Å². The summed E-state index contributed by atoms with van der Waals surface area (Å²) in [5.41, 5.74) is 2.81. The highest BCUT2D eigenvalue weighted by molar-refractivity contribution is 7.98. The number of hydrogen-bond donors (Lipinski definition) is 0. The van der Waals surface area contributed by atoms with Crippen LogP contribution in [0, 0.1) is 0 Å². The van der Waals surface area contributed by atoms with Gasteiger partial charge in [0.05, 0.1) is 0 Å². The van der Waals surface area contributed by atoms with Gasteiger partial charge in [-0.15, -0.1) is 11.8 Å². The monoisotopic (exact) mass is 264 g/mol. The summed E-state index contributed by atoms with van der Waals surface area (Å²) in [6.07, 6.45) is 1.12. The molecule has 2 rings (SSSR count). The summed E-state index contributed by atoms with van der Waals surface area (Å²) in [5.74, 6) is 1.05. The predicted molar refractivity (Wildman–Crippen MR) is 79.1 cm³/mol. The first-order valence-electron chi connectivity index (χ1n) is 5.64. The van der Waals surface area contributed by atoms with Crippen LogP contribution in [0.5, 0.6) is 0 Å². The lowest BCUT2D eigenvalue weighted by Gasteiger charge is -2.03. The summed E-state index contributed by atoms with van der Waals surface area (Å²) in [6, 6.07) is 19.5. The highest BCUT2D eigenvalue weighted by Crippen LogP contribution is 2.22. The summed E-state index contributed by atoms with van der Waals surface area (Å²) < 4.78 is 0. The lowest BCUT2D eigenvalue weighted by molar-refractivity contribution is 0.823. The van der Waals surface area contributed by atoms with Crippen LogP contribution in [-0.4, -0.2) is 11.0 Å². The Labute approximate surface area is 113 Å². The number of aryl methyl sites for hydroxylation is 1. The molecule has 3 heteroatoms. The molecular formula is C15H20O2S. The SMILES string of the molecule is CCc1ccc(CSc2ccccc2)cc1.O.O. The molecule has 0 unspecified atom stereocenters. The zero-order valence-corrected chi connectivity index (χ0v) is 11.3. The van der Waals surface area contributed by atoms with E-state index in [-0.39, 0.29) is 11.0 Å². The summed E-state index contributed by atoms with van der Waals surface area (Å²) >= 11 is 1.89.